The Balaban J connectivity index is 0.00000161. The van der Waals surface area contributed by atoms with Crippen LogP contribution < -0.4 is 29.6 Å². The van der Waals surface area contributed by atoms with Crippen molar-refractivity contribution in [1.29, 1.82) is 0 Å². The fraction of sp³-hybridized carbons (Fsp3) is 0.778. The summed E-state index contributed by atoms with van der Waals surface area (Å²) in [4.78, 5) is 22.5. The molecule has 21 heavy (non-hydrogen) atoms. The molecule has 2 bridgehead atoms. The SMILES string of the molecule is O=C1OC2C(OC(=O)C(F)(F)S(=O)(=O)[O-])C3CC1C2O3.[Na+]. The van der Waals surface area contributed by atoms with Gasteiger partial charge in [-0.15, -0.1) is 0 Å². The third-order valence-electron chi connectivity index (χ3n) is 3.58. The van der Waals surface area contributed by atoms with E-state index in [0.717, 1.165) is 0 Å². The maximum atomic E-state index is 13.0. The van der Waals surface area contributed by atoms with Gasteiger partial charge in [0.05, 0.1) is 12.0 Å². The van der Waals surface area contributed by atoms with Crippen LogP contribution in [0.15, 0.2) is 0 Å². The Bertz CT molecular complexity index is 593. The van der Waals surface area contributed by atoms with Crippen molar-refractivity contribution in [2.75, 3.05) is 0 Å². The van der Waals surface area contributed by atoms with E-state index in [1.54, 1.807) is 0 Å². The van der Waals surface area contributed by atoms with E-state index in [-0.39, 0.29) is 36.0 Å². The van der Waals surface area contributed by atoms with Crippen molar-refractivity contribution >= 4 is 22.1 Å². The zero-order chi connectivity index (χ0) is 14.9. The number of halogens is 2. The number of esters is 2. The van der Waals surface area contributed by atoms with Crippen molar-refractivity contribution in [1.82, 2.24) is 0 Å². The van der Waals surface area contributed by atoms with Crippen LogP contribution in [0.25, 0.3) is 0 Å². The van der Waals surface area contributed by atoms with Gasteiger partial charge >= 0.3 is 46.8 Å². The van der Waals surface area contributed by atoms with Crippen LogP contribution in [0.5, 0.6) is 0 Å². The third-order valence-corrected chi connectivity index (χ3v) is 4.37. The number of hydrogen-bond acceptors (Lipinski definition) is 8. The number of ether oxygens (including phenoxy) is 3. The molecule has 0 amide bonds. The minimum Gasteiger partial charge on any atom is -0.743 e. The zero-order valence-electron chi connectivity index (χ0n) is 10.5. The first-order valence-corrected chi connectivity index (χ1v) is 6.94. The quantitative estimate of drug-likeness (QED) is 0.289. The van der Waals surface area contributed by atoms with Gasteiger partial charge in [-0.25, -0.2) is 13.2 Å². The second kappa shape index (κ2) is 5.10. The van der Waals surface area contributed by atoms with Gasteiger partial charge in [0.15, 0.2) is 22.3 Å². The van der Waals surface area contributed by atoms with Crippen molar-refractivity contribution in [3.63, 3.8) is 0 Å². The summed E-state index contributed by atoms with van der Waals surface area (Å²) in [6.45, 7) is 0. The first-order chi connectivity index (χ1) is 9.13. The number of carbonyl (C=O) groups excluding carboxylic acids is 2. The predicted octanol–water partition coefficient (Wildman–Crippen LogP) is -4.25. The van der Waals surface area contributed by atoms with Gasteiger partial charge in [0.1, 0.15) is 6.10 Å². The first-order valence-electron chi connectivity index (χ1n) is 5.53. The van der Waals surface area contributed by atoms with Gasteiger partial charge in [-0.05, 0) is 6.42 Å². The summed E-state index contributed by atoms with van der Waals surface area (Å²) in [7, 11) is -6.19. The fourth-order valence-electron chi connectivity index (χ4n) is 2.68. The molecular formula is C9H7F2NaO8S. The van der Waals surface area contributed by atoms with Crippen LogP contribution >= 0.6 is 0 Å². The van der Waals surface area contributed by atoms with E-state index in [2.05, 4.69) is 4.74 Å². The van der Waals surface area contributed by atoms with E-state index in [9.17, 15) is 31.3 Å². The molecular weight excluding hydrogens is 329 g/mol. The van der Waals surface area contributed by atoms with E-state index in [4.69, 9.17) is 9.47 Å². The van der Waals surface area contributed by atoms with Crippen LogP contribution in [0.3, 0.4) is 0 Å². The van der Waals surface area contributed by atoms with Crippen LogP contribution in [-0.2, 0) is 33.9 Å². The molecule has 0 aromatic rings. The Kier molecular flexibility index (Phi) is 4.14. The van der Waals surface area contributed by atoms with Gasteiger partial charge < -0.3 is 18.8 Å². The summed E-state index contributed by atoms with van der Waals surface area (Å²) in [6, 6.07) is 0. The fourth-order valence-corrected chi connectivity index (χ4v) is 2.93. The molecule has 0 radical (unpaired) electrons. The monoisotopic (exact) mass is 336 g/mol. The second-order valence-electron chi connectivity index (χ2n) is 4.72. The third kappa shape index (κ3) is 2.39. The number of alkyl halides is 2. The molecule has 0 aliphatic carbocycles. The smallest absolute Gasteiger partial charge is 0.743 e. The van der Waals surface area contributed by atoms with Crippen LogP contribution in [0, 0.1) is 5.92 Å². The van der Waals surface area contributed by atoms with Crippen LogP contribution in [0.4, 0.5) is 8.78 Å². The van der Waals surface area contributed by atoms with Crippen molar-refractivity contribution in [2.24, 2.45) is 5.92 Å². The van der Waals surface area contributed by atoms with Gasteiger partial charge in [0, 0.05) is 0 Å². The van der Waals surface area contributed by atoms with Gasteiger partial charge in [-0.3, -0.25) is 4.79 Å². The average molecular weight is 336 g/mol. The molecule has 3 heterocycles. The topological polar surface area (TPSA) is 119 Å². The molecule has 0 aromatic heterocycles. The van der Waals surface area contributed by atoms with Crippen molar-refractivity contribution in [3.8, 4) is 0 Å². The van der Waals surface area contributed by atoms with E-state index >= 15 is 0 Å². The number of rotatable bonds is 3. The number of hydrogen-bond donors (Lipinski definition) is 0. The molecule has 3 fully saturated rings. The molecule has 5 atom stereocenters. The number of fused-ring (bicyclic) bond motifs is 1. The molecule has 3 rings (SSSR count). The van der Waals surface area contributed by atoms with Gasteiger partial charge in [0.2, 0.25) is 0 Å². The first kappa shape index (κ1) is 17.0. The Morgan fingerprint density at radius 3 is 2.57 bits per heavy atom. The summed E-state index contributed by atoms with van der Waals surface area (Å²) in [5, 5.41) is -5.20. The molecule has 3 saturated heterocycles. The Labute approximate surface area is 139 Å². The maximum Gasteiger partial charge on any atom is 1.00 e. The normalized spacial score (nSPS) is 37.1. The molecule has 0 spiro atoms. The minimum absolute atomic E-state index is 0. The van der Waals surface area contributed by atoms with Crippen molar-refractivity contribution in [2.45, 2.75) is 36.1 Å². The van der Waals surface area contributed by atoms with Gasteiger partial charge in [0.25, 0.3) is 0 Å². The molecule has 112 valence electrons. The molecule has 3 aliphatic heterocycles. The van der Waals surface area contributed by atoms with E-state index in [1.807, 2.05) is 0 Å². The predicted molar refractivity (Wildman–Crippen MR) is 51.2 cm³/mol. The molecule has 12 heteroatoms. The van der Waals surface area contributed by atoms with Crippen LogP contribution in [0.2, 0.25) is 0 Å². The van der Waals surface area contributed by atoms with E-state index in [1.165, 1.54) is 0 Å². The van der Waals surface area contributed by atoms with E-state index < -0.39 is 57.6 Å². The summed E-state index contributed by atoms with van der Waals surface area (Å²) < 4.78 is 71.4. The van der Waals surface area contributed by atoms with Crippen LogP contribution in [-0.4, -0.2) is 54.6 Å². The Hall–Kier alpha value is -0.330. The van der Waals surface area contributed by atoms with Crippen molar-refractivity contribution in [3.05, 3.63) is 0 Å². The standard InChI is InChI=1S/C9H8F2O8S.Na/c10-9(11,20(14,15)16)8(13)19-5-3-1-2-4(17-3)6(5)18-7(2)12;/h2-6H,1H2,(H,14,15,16);/q;+1/p-1. The van der Waals surface area contributed by atoms with Crippen LogP contribution in [0.1, 0.15) is 6.42 Å². The van der Waals surface area contributed by atoms with Gasteiger partial charge in [-0.2, -0.15) is 8.78 Å². The largest absolute Gasteiger partial charge is 1.00 e. The summed E-state index contributed by atoms with van der Waals surface area (Å²) >= 11 is 0. The average Bonchev–Trinajstić information content (AvgIpc) is 2.91. The summed E-state index contributed by atoms with van der Waals surface area (Å²) in [5.41, 5.74) is 0. The minimum atomic E-state index is -6.19. The number of carbonyl (C=O) groups is 2. The molecule has 5 unspecified atom stereocenters. The van der Waals surface area contributed by atoms with Crippen molar-refractivity contribution < 1.29 is 75.1 Å². The Morgan fingerprint density at radius 2 is 2.00 bits per heavy atom. The molecule has 0 N–H and O–H groups in total. The zero-order valence-corrected chi connectivity index (χ0v) is 13.3. The van der Waals surface area contributed by atoms with Gasteiger partial charge in [-0.1, -0.05) is 0 Å². The Morgan fingerprint density at radius 1 is 1.38 bits per heavy atom. The maximum absolute atomic E-state index is 13.0. The second-order valence-corrected chi connectivity index (χ2v) is 6.14. The molecule has 3 aliphatic rings. The molecule has 0 saturated carbocycles. The summed E-state index contributed by atoms with van der Waals surface area (Å²) in [5.74, 6) is -3.60. The summed E-state index contributed by atoms with van der Waals surface area (Å²) in [6.07, 6.45) is -3.75. The molecule has 8 nitrogen and oxygen atoms in total. The van der Waals surface area contributed by atoms with E-state index in [0.29, 0.717) is 0 Å². The molecule has 0 aromatic carbocycles.